The largest absolute Gasteiger partial charge is 0.495 e. The van der Waals surface area contributed by atoms with Crippen molar-refractivity contribution in [1.82, 2.24) is 9.55 Å². The summed E-state index contributed by atoms with van der Waals surface area (Å²) in [6, 6.07) is 5.39. The van der Waals surface area contributed by atoms with E-state index in [-0.39, 0.29) is 5.82 Å². The molecule has 0 saturated carbocycles. The third-order valence-corrected chi connectivity index (χ3v) is 3.01. The minimum absolute atomic E-state index is 0.155. The highest BCUT2D eigenvalue weighted by molar-refractivity contribution is 6.32. The number of hydrogen-bond donors (Lipinski definition) is 0. The van der Waals surface area contributed by atoms with Crippen LogP contribution in [0, 0.1) is 17.0 Å². The highest BCUT2D eigenvalue weighted by atomic mass is 35.5. The molecule has 0 aliphatic rings. The number of nitrogens with zero attached hydrogens (tertiary/aromatic N) is 3. The van der Waals surface area contributed by atoms with Crippen molar-refractivity contribution in [3.05, 3.63) is 50.9 Å². The maximum atomic E-state index is 10.6. The summed E-state index contributed by atoms with van der Waals surface area (Å²) < 4.78 is 6.77. The molecule has 0 amide bonds. The molecule has 0 bridgehead atoms. The molecule has 1 heterocycles. The quantitative estimate of drug-likeness (QED) is 0.638. The molecule has 1 aromatic heterocycles. The van der Waals surface area contributed by atoms with Gasteiger partial charge in [-0.05, 0) is 27.6 Å². The summed E-state index contributed by atoms with van der Waals surface area (Å²) in [5, 5.41) is 11.2. The van der Waals surface area contributed by atoms with Gasteiger partial charge in [0.15, 0.2) is 0 Å². The average molecular weight is 282 g/mol. The lowest BCUT2D eigenvalue weighted by Gasteiger charge is -2.06. The van der Waals surface area contributed by atoms with Crippen molar-refractivity contribution < 1.29 is 9.66 Å². The molecule has 0 saturated heterocycles. The molecule has 0 N–H and O–H groups in total. The smallest absolute Gasteiger partial charge is 0.381 e. The van der Waals surface area contributed by atoms with Crippen LogP contribution in [0.1, 0.15) is 11.4 Å². The molecule has 0 aliphatic heterocycles. The van der Waals surface area contributed by atoms with E-state index in [1.165, 1.54) is 6.20 Å². The molecule has 0 radical (unpaired) electrons. The van der Waals surface area contributed by atoms with Crippen LogP contribution in [0.5, 0.6) is 5.75 Å². The number of methoxy groups -OCH3 is 1. The van der Waals surface area contributed by atoms with Crippen molar-refractivity contribution in [1.29, 1.82) is 0 Å². The molecule has 0 atom stereocenters. The fourth-order valence-electron chi connectivity index (χ4n) is 1.74. The van der Waals surface area contributed by atoms with E-state index in [1.807, 2.05) is 6.07 Å². The molecule has 19 heavy (non-hydrogen) atoms. The number of halogens is 1. The van der Waals surface area contributed by atoms with Gasteiger partial charge in [0.25, 0.3) is 0 Å². The van der Waals surface area contributed by atoms with E-state index in [0.29, 0.717) is 23.1 Å². The highest BCUT2D eigenvalue weighted by Crippen LogP contribution is 2.25. The van der Waals surface area contributed by atoms with Gasteiger partial charge < -0.3 is 19.4 Å². The molecule has 2 aromatic rings. The van der Waals surface area contributed by atoms with Crippen LogP contribution in [0.15, 0.2) is 24.4 Å². The summed E-state index contributed by atoms with van der Waals surface area (Å²) in [6.45, 7) is 2.19. The minimum atomic E-state index is -0.509. The van der Waals surface area contributed by atoms with Crippen molar-refractivity contribution in [3.8, 4) is 5.75 Å². The van der Waals surface area contributed by atoms with Crippen LogP contribution in [-0.4, -0.2) is 21.6 Å². The number of imidazole rings is 1. The number of hydrogen-bond acceptors (Lipinski definition) is 4. The van der Waals surface area contributed by atoms with E-state index in [9.17, 15) is 10.1 Å². The van der Waals surface area contributed by atoms with Gasteiger partial charge in [-0.2, -0.15) is 0 Å². The van der Waals surface area contributed by atoms with E-state index in [1.54, 1.807) is 30.7 Å². The highest BCUT2D eigenvalue weighted by Gasteiger charge is 2.15. The molecular formula is C12H12ClN3O3. The number of aromatic nitrogens is 2. The van der Waals surface area contributed by atoms with E-state index >= 15 is 0 Å². The van der Waals surface area contributed by atoms with Gasteiger partial charge in [-0.3, -0.25) is 0 Å². The zero-order valence-corrected chi connectivity index (χ0v) is 11.2. The molecular weight excluding hydrogens is 270 g/mol. The molecule has 1 aromatic carbocycles. The Morgan fingerprint density at radius 2 is 2.26 bits per heavy atom. The summed E-state index contributed by atoms with van der Waals surface area (Å²) >= 11 is 6.03. The van der Waals surface area contributed by atoms with Crippen LogP contribution >= 0.6 is 11.6 Å². The Kier molecular flexibility index (Phi) is 3.71. The van der Waals surface area contributed by atoms with Crippen molar-refractivity contribution in [3.63, 3.8) is 0 Å². The second-order valence-corrected chi connectivity index (χ2v) is 4.41. The van der Waals surface area contributed by atoms with Crippen LogP contribution in [0.3, 0.4) is 0 Å². The number of aryl methyl sites for hydroxylation is 1. The summed E-state index contributed by atoms with van der Waals surface area (Å²) in [4.78, 5) is 14.0. The Labute approximate surface area is 114 Å². The lowest BCUT2D eigenvalue weighted by molar-refractivity contribution is -0.389. The van der Waals surface area contributed by atoms with Crippen LogP contribution < -0.4 is 4.74 Å². The fourth-order valence-corrected chi connectivity index (χ4v) is 2.02. The minimum Gasteiger partial charge on any atom is -0.495 e. The number of rotatable bonds is 4. The monoisotopic (exact) mass is 281 g/mol. The number of nitro groups is 1. The molecule has 0 unspecified atom stereocenters. The standard InChI is InChI=1S/C12H12ClN3O3/c1-8-14-12(16(17)18)7-15(8)6-9-3-4-11(19-2)10(13)5-9/h3-5,7H,6H2,1-2H3. The van der Waals surface area contributed by atoms with Gasteiger partial charge in [-0.15, -0.1) is 0 Å². The Morgan fingerprint density at radius 3 is 2.79 bits per heavy atom. The van der Waals surface area contributed by atoms with Crippen molar-refractivity contribution in [2.75, 3.05) is 7.11 Å². The predicted molar refractivity (Wildman–Crippen MR) is 70.7 cm³/mol. The second kappa shape index (κ2) is 5.27. The molecule has 0 spiro atoms. The summed E-state index contributed by atoms with van der Waals surface area (Å²) in [5.74, 6) is 1.02. The van der Waals surface area contributed by atoms with E-state index in [2.05, 4.69) is 4.98 Å². The lowest BCUT2D eigenvalue weighted by Crippen LogP contribution is -2.00. The van der Waals surface area contributed by atoms with Crippen LogP contribution in [0.2, 0.25) is 5.02 Å². The molecule has 7 heteroatoms. The Bertz CT molecular complexity index is 625. The Balaban J connectivity index is 2.26. The van der Waals surface area contributed by atoms with Gasteiger partial charge in [-0.25, -0.2) is 0 Å². The van der Waals surface area contributed by atoms with Crippen LogP contribution in [0.4, 0.5) is 5.82 Å². The molecule has 2 rings (SSSR count). The first kappa shape index (κ1) is 13.4. The third kappa shape index (κ3) is 2.85. The first-order chi connectivity index (χ1) is 9.01. The van der Waals surface area contributed by atoms with E-state index in [4.69, 9.17) is 16.3 Å². The maximum Gasteiger partial charge on any atom is 0.381 e. The SMILES string of the molecule is COc1ccc(Cn2cc([N+](=O)[O-])nc2C)cc1Cl. The maximum absolute atomic E-state index is 10.6. The van der Waals surface area contributed by atoms with Gasteiger partial charge in [0.05, 0.1) is 18.7 Å². The normalized spacial score (nSPS) is 10.5. The second-order valence-electron chi connectivity index (χ2n) is 4.00. The third-order valence-electron chi connectivity index (χ3n) is 2.72. The Hall–Kier alpha value is -2.08. The Morgan fingerprint density at radius 1 is 1.53 bits per heavy atom. The molecule has 0 aliphatic carbocycles. The first-order valence-electron chi connectivity index (χ1n) is 5.52. The average Bonchev–Trinajstić information content (AvgIpc) is 2.71. The number of ether oxygens (including phenoxy) is 1. The zero-order chi connectivity index (χ0) is 14.0. The van der Waals surface area contributed by atoms with Gasteiger partial charge in [0.1, 0.15) is 11.9 Å². The van der Waals surface area contributed by atoms with E-state index < -0.39 is 4.92 Å². The van der Waals surface area contributed by atoms with Gasteiger partial charge >= 0.3 is 5.82 Å². The topological polar surface area (TPSA) is 70.2 Å². The summed E-state index contributed by atoms with van der Waals surface area (Å²) in [5.41, 5.74) is 0.918. The fraction of sp³-hybridized carbons (Fsp3) is 0.250. The summed E-state index contributed by atoms with van der Waals surface area (Å²) in [7, 11) is 1.55. The first-order valence-corrected chi connectivity index (χ1v) is 5.89. The predicted octanol–water partition coefficient (Wildman–Crippen LogP) is 2.81. The van der Waals surface area contributed by atoms with Gasteiger partial charge in [-0.1, -0.05) is 17.7 Å². The van der Waals surface area contributed by atoms with E-state index in [0.717, 1.165) is 5.56 Å². The molecule has 6 nitrogen and oxygen atoms in total. The van der Waals surface area contributed by atoms with Crippen molar-refractivity contribution >= 4 is 17.4 Å². The summed E-state index contributed by atoms with van der Waals surface area (Å²) in [6.07, 6.45) is 1.41. The van der Waals surface area contributed by atoms with Crippen LogP contribution in [0.25, 0.3) is 0 Å². The number of benzene rings is 1. The lowest BCUT2D eigenvalue weighted by atomic mass is 10.2. The molecule has 0 fully saturated rings. The van der Waals surface area contributed by atoms with Gasteiger partial charge in [0, 0.05) is 6.92 Å². The van der Waals surface area contributed by atoms with Crippen molar-refractivity contribution in [2.24, 2.45) is 0 Å². The van der Waals surface area contributed by atoms with Crippen LogP contribution in [-0.2, 0) is 6.54 Å². The molecule has 100 valence electrons. The zero-order valence-electron chi connectivity index (χ0n) is 10.5. The van der Waals surface area contributed by atoms with Gasteiger partial charge in [0.2, 0.25) is 5.82 Å². The van der Waals surface area contributed by atoms with Crippen molar-refractivity contribution in [2.45, 2.75) is 13.5 Å².